The summed E-state index contributed by atoms with van der Waals surface area (Å²) in [4.78, 5) is 74.2. The molecule has 0 aliphatic carbocycles. The molecule has 0 bridgehead atoms. The highest BCUT2D eigenvalue weighted by atomic mass is 35.5. The zero-order valence-electron chi connectivity index (χ0n) is 24.3. The van der Waals surface area contributed by atoms with Crippen molar-refractivity contribution in [3.05, 3.63) is 0 Å². The minimum atomic E-state index is -1.14. The Morgan fingerprint density at radius 1 is 0.550 bits per heavy atom. The maximum Gasteiger partial charge on any atom is 0.418 e. The Balaban J connectivity index is -0.000000697. The van der Waals surface area contributed by atoms with Crippen LogP contribution in [0.15, 0.2) is 0 Å². The molecule has 0 rings (SSSR count). The van der Waals surface area contributed by atoms with Gasteiger partial charge >= 0.3 is 40.3 Å². The molecule has 0 aliphatic heterocycles. The molecule has 0 radical (unpaired) electrons. The van der Waals surface area contributed by atoms with Gasteiger partial charge in [0.15, 0.2) is 0 Å². The summed E-state index contributed by atoms with van der Waals surface area (Å²) in [5.74, 6) is -3.45. The van der Waals surface area contributed by atoms with Gasteiger partial charge in [-0.05, 0) is 64.7 Å². The molecule has 232 valence electrons. The number of esters is 5. The molecule has 0 aromatic rings. The molecular weight excluding hydrogens is 579 g/mol. The van der Waals surface area contributed by atoms with Gasteiger partial charge in [0, 0.05) is 40.0 Å². The lowest BCUT2D eigenvalue weighted by Gasteiger charge is -2.27. The van der Waals surface area contributed by atoms with Gasteiger partial charge < -0.3 is 28.8 Å². The third kappa shape index (κ3) is 31.4. The third-order valence-electron chi connectivity index (χ3n) is 4.10. The van der Waals surface area contributed by atoms with E-state index in [9.17, 15) is 33.6 Å². The molecule has 13 nitrogen and oxygen atoms in total. The van der Waals surface area contributed by atoms with Gasteiger partial charge in [-0.15, -0.1) is 0 Å². The van der Waals surface area contributed by atoms with Crippen molar-refractivity contribution in [1.82, 2.24) is 0 Å². The zero-order valence-corrected chi connectivity index (χ0v) is 25.9. The van der Waals surface area contributed by atoms with E-state index in [0.717, 1.165) is 0 Å². The molecule has 1 N–H and O–H groups in total. The van der Waals surface area contributed by atoms with Crippen molar-refractivity contribution >= 4 is 63.5 Å². The van der Waals surface area contributed by atoms with Gasteiger partial charge in [-0.25, -0.2) is 9.59 Å². The van der Waals surface area contributed by atoms with Gasteiger partial charge in [-0.2, -0.15) is 0 Å². The van der Waals surface area contributed by atoms with Crippen LogP contribution in [0, 0.1) is 0 Å². The van der Waals surface area contributed by atoms with Gasteiger partial charge in [-0.3, -0.25) is 24.0 Å². The van der Waals surface area contributed by atoms with E-state index < -0.39 is 51.2 Å². The number of hydrogen-bond donors (Lipinski definition) is 1. The quantitative estimate of drug-likeness (QED) is 0.146. The minimum absolute atomic E-state index is 0.0680. The molecule has 0 aromatic carbocycles. The summed E-state index contributed by atoms with van der Waals surface area (Å²) < 4.78 is 24.3. The summed E-state index contributed by atoms with van der Waals surface area (Å²) >= 11 is 8.98. The smallest absolute Gasteiger partial charge is 0.418 e. The van der Waals surface area contributed by atoms with Crippen LogP contribution in [-0.2, 0) is 57.2 Å². The summed E-state index contributed by atoms with van der Waals surface area (Å²) in [7, 11) is 0. The molecule has 0 aromatic heterocycles. The van der Waals surface area contributed by atoms with Crippen LogP contribution in [0.4, 0.5) is 0 Å². The van der Waals surface area contributed by atoms with Crippen molar-refractivity contribution in [2.24, 2.45) is 0 Å². The number of carbonyl (C=O) groups excluding carboxylic acids is 7. The monoisotopic (exact) mass is 618 g/mol. The van der Waals surface area contributed by atoms with Gasteiger partial charge in [0.1, 0.15) is 11.2 Å². The standard InChI is InChI=1S/C16H26O8.C7H14O3.C2Cl2O2/c1-11(17)21-9-7-15(3,4)23-13(19)14(20)24-16(5,6)8-10-22-12(2)18;1-6(8)10-5-4-7(2,3)9;3-1(5)2(4)6/h7-10H2,1-6H3;9H,4-5H2,1-3H3;. The maximum atomic E-state index is 11.8. The normalized spacial score (nSPS) is 10.8. The second kappa shape index (κ2) is 20.2. The van der Waals surface area contributed by atoms with Gasteiger partial charge in [0.2, 0.25) is 0 Å². The fraction of sp³-hybridized carbons (Fsp3) is 0.720. The highest BCUT2D eigenvalue weighted by Gasteiger charge is 2.32. The summed E-state index contributed by atoms with van der Waals surface area (Å²) in [6.45, 7) is 14.0. The Morgan fingerprint density at radius 2 is 0.800 bits per heavy atom. The Labute approximate surface area is 244 Å². The van der Waals surface area contributed by atoms with Crippen LogP contribution < -0.4 is 0 Å². The highest BCUT2D eigenvalue weighted by molar-refractivity contribution is 6.97. The molecule has 0 amide bonds. The van der Waals surface area contributed by atoms with Crippen LogP contribution >= 0.6 is 23.2 Å². The van der Waals surface area contributed by atoms with E-state index in [1.54, 1.807) is 41.5 Å². The van der Waals surface area contributed by atoms with Crippen molar-refractivity contribution in [3.8, 4) is 0 Å². The molecule has 0 heterocycles. The van der Waals surface area contributed by atoms with E-state index >= 15 is 0 Å². The largest absolute Gasteiger partial charge is 0.466 e. The summed E-state index contributed by atoms with van der Waals surface area (Å²) in [6, 6.07) is 0. The number of carbonyl (C=O) groups is 7. The van der Waals surface area contributed by atoms with Crippen LogP contribution in [0.3, 0.4) is 0 Å². The molecule has 0 unspecified atom stereocenters. The van der Waals surface area contributed by atoms with E-state index in [-0.39, 0.29) is 32.0 Å². The molecule has 15 heteroatoms. The topological polar surface area (TPSA) is 186 Å². The third-order valence-corrected chi connectivity index (χ3v) is 4.54. The van der Waals surface area contributed by atoms with E-state index in [4.69, 9.17) is 24.1 Å². The fourth-order valence-electron chi connectivity index (χ4n) is 2.01. The number of halogens is 2. The fourth-order valence-corrected chi connectivity index (χ4v) is 2.01. The maximum absolute atomic E-state index is 11.8. The summed E-state index contributed by atoms with van der Waals surface area (Å²) in [5, 5.41) is 6.86. The summed E-state index contributed by atoms with van der Waals surface area (Å²) in [5.41, 5.74) is -2.73. The van der Waals surface area contributed by atoms with Crippen LogP contribution in [0.25, 0.3) is 0 Å². The Kier molecular flexibility index (Phi) is 21.0. The minimum Gasteiger partial charge on any atom is -0.466 e. The molecule has 0 aliphatic rings. The molecule has 40 heavy (non-hydrogen) atoms. The predicted octanol–water partition coefficient (Wildman–Crippen LogP) is 2.76. The SMILES string of the molecule is CC(=O)OCCC(C)(C)O.CC(=O)OCCC(C)(C)OC(=O)C(=O)OC(C)(C)CCOC(C)=O.O=C(Cl)C(=O)Cl. The second-order valence-electron chi connectivity index (χ2n) is 9.93. The van der Waals surface area contributed by atoms with Crippen LogP contribution in [-0.4, -0.2) is 82.1 Å². The average molecular weight is 619 g/mol. The Bertz CT molecular complexity index is 818. The summed E-state index contributed by atoms with van der Waals surface area (Å²) in [6.07, 6.45) is 0.954. The van der Waals surface area contributed by atoms with E-state index in [2.05, 4.69) is 27.9 Å². The first-order valence-corrected chi connectivity index (χ1v) is 12.6. The van der Waals surface area contributed by atoms with Crippen LogP contribution in [0.1, 0.15) is 81.6 Å². The Morgan fingerprint density at radius 3 is 1.00 bits per heavy atom. The van der Waals surface area contributed by atoms with E-state index in [0.29, 0.717) is 13.0 Å². The number of aliphatic hydroxyl groups is 1. The van der Waals surface area contributed by atoms with Gasteiger partial charge in [0.25, 0.3) is 0 Å². The highest BCUT2D eigenvalue weighted by Crippen LogP contribution is 2.18. The van der Waals surface area contributed by atoms with Crippen molar-refractivity contribution < 1.29 is 62.4 Å². The lowest BCUT2D eigenvalue weighted by atomic mass is 10.1. The van der Waals surface area contributed by atoms with Crippen molar-refractivity contribution in [2.75, 3.05) is 19.8 Å². The van der Waals surface area contributed by atoms with Crippen LogP contribution in [0.5, 0.6) is 0 Å². The van der Waals surface area contributed by atoms with Crippen molar-refractivity contribution in [3.63, 3.8) is 0 Å². The molecule has 0 atom stereocenters. The predicted molar refractivity (Wildman–Crippen MR) is 142 cm³/mol. The zero-order chi connectivity index (χ0) is 32.3. The van der Waals surface area contributed by atoms with Gasteiger partial charge in [0.05, 0.1) is 25.4 Å². The molecular formula is C25H40Cl2O13. The first-order valence-electron chi connectivity index (χ1n) is 11.9. The van der Waals surface area contributed by atoms with Gasteiger partial charge in [-0.1, -0.05) is 0 Å². The van der Waals surface area contributed by atoms with E-state index in [1.165, 1.54) is 20.8 Å². The second-order valence-corrected chi connectivity index (χ2v) is 10.6. The lowest BCUT2D eigenvalue weighted by Crippen LogP contribution is -2.38. The molecule has 0 fully saturated rings. The Hall–Kier alpha value is -2.77. The number of ether oxygens (including phenoxy) is 5. The number of rotatable bonds is 12. The molecule has 0 spiro atoms. The number of hydrogen-bond acceptors (Lipinski definition) is 13. The van der Waals surface area contributed by atoms with Crippen LogP contribution in [0.2, 0.25) is 0 Å². The first-order chi connectivity index (χ1) is 17.9. The lowest BCUT2D eigenvalue weighted by molar-refractivity contribution is -0.184. The van der Waals surface area contributed by atoms with E-state index in [1.807, 2.05) is 0 Å². The molecule has 0 saturated carbocycles. The first kappa shape index (κ1) is 41.7. The molecule has 0 saturated heterocycles. The average Bonchev–Trinajstić information content (AvgIpc) is 2.71. The van der Waals surface area contributed by atoms with Crippen molar-refractivity contribution in [1.29, 1.82) is 0 Å². The van der Waals surface area contributed by atoms with Crippen molar-refractivity contribution in [2.45, 2.75) is 98.4 Å².